The Hall–Kier alpha value is -0.910. The zero-order chi connectivity index (χ0) is 16.7. The molecule has 23 heavy (non-hydrogen) atoms. The summed E-state index contributed by atoms with van der Waals surface area (Å²) in [7, 11) is -3.12. The topological polar surface area (TPSA) is 55.4 Å². The predicted octanol–water partition coefficient (Wildman–Crippen LogP) is 3.48. The highest BCUT2D eigenvalue weighted by Gasteiger charge is 2.13. The lowest BCUT2D eigenvalue weighted by Crippen LogP contribution is -2.25. The van der Waals surface area contributed by atoms with E-state index in [0.29, 0.717) is 11.0 Å². The molecule has 1 fully saturated rings. The number of sulfone groups is 1. The third kappa shape index (κ3) is 6.24. The van der Waals surface area contributed by atoms with Crippen LogP contribution in [0.5, 0.6) is 0 Å². The van der Waals surface area contributed by atoms with Gasteiger partial charge in [-0.2, -0.15) is 0 Å². The fraction of sp³-hybridized carbons (Fsp3) is 0.667. The Balaban J connectivity index is 1.73. The third-order valence-corrected chi connectivity index (χ3v) is 5.65. The fourth-order valence-corrected chi connectivity index (χ4v) is 3.66. The maximum absolute atomic E-state index is 11.5. The summed E-state index contributed by atoms with van der Waals surface area (Å²) in [6.07, 6.45) is 9.34. The summed E-state index contributed by atoms with van der Waals surface area (Å²) in [5.74, 6) is 0. The molecule has 1 aliphatic carbocycles. The van der Waals surface area contributed by atoms with Crippen LogP contribution in [0.15, 0.2) is 29.2 Å². The molecule has 130 valence electrons. The van der Waals surface area contributed by atoms with Crippen LogP contribution in [-0.4, -0.2) is 33.9 Å². The van der Waals surface area contributed by atoms with Crippen LogP contribution >= 0.6 is 0 Å². The van der Waals surface area contributed by atoms with Gasteiger partial charge in [-0.3, -0.25) is 0 Å². The van der Waals surface area contributed by atoms with E-state index in [2.05, 4.69) is 12.2 Å². The average molecular weight is 340 g/mol. The molecule has 0 amide bonds. The molecular formula is C18H29NO3S. The Labute approximate surface area is 140 Å². The van der Waals surface area contributed by atoms with Crippen molar-refractivity contribution in [2.75, 3.05) is 19.4 Å². The van der Waals surface area contributed by atoms with Crippen LogP contribution in [0.2, 0.25) is 0 Å². The van der Waals surface area contributed by atoms with Gasteiger partial charge in [0, 0.05) is 18.8 Å². The van der Waals surface area contributed by atoms with Gasteiger partial charge in [-0.25, -0.2) is 8.42 Å². The smallest absolute Gasteiger partial charge is 0.175 e. The fourth-order valence-electron chi connectivity index (χ4n) is 3.03. The van der Waals surface area contributed by atoms with Crippen molar-refractivity contribution in [2.45, 2.75) is 62.5 Å². The molecule has 0 bridgehead atoms. The normalized spacial score (nSPS) is 18.5. The summed E-state index contributed by atoms with van der Waals surface area (Å²) >= 11 is 0. The lowest BCUT2D eigenvalue weighted by molar-refractivity contribution is 0.0442. The summed E-state index contributed by atoms with van der Waals surface area (Å²) < 4.78 is 28.9. The SMILES string of the molecule is C[C@H](NCCOC1CCCCCC1)c1ccc(S(C)(=O)=O)cc1. The molecule has 1 atom stereocenters. The molecule has 1 aromatic carbocycles. The molecule has 5 heteroatoms. The maximum Gasteiger partial charge on any atom is 0.175 e. The van der Waals surface area contributed by atoms with Crippen LogP contribution < -0.4 is 5.32 Å². The molecule has 0 saturated heterocycles. The van der Waals surface area contributed by atoms with Crippen molar-refractivity contribution < 1.29 is 13.2 Å². The van der Waals surface area contributed by atoms with Crippen molar-refractivity contribution in [3.05, 3.63) is 29.8 Å². The number of hydrogen-bond donors (Lipinski definition) is 1. The summed E-state index contributed by atoms with van der Waals surface area (Å²) in [6.45, 7) is 3.63. The largest absolute Gasteiger partial charge is 0.377 e. The van der Waals surface area contributed by atoms with Gasteiger partial charge in [-0.05, 0) is 37.5 Å². The summed E-state index contributed by atoms with van der Waals surface area (Å²) in [4.78, 5) is 0.366. The van der Waals surface area contributed by atoms with E-state index in [0.717, 1.165) is 18.7 Å². The van der Waals surface area contributed by atoms with E-state index in [1.807, 2.05) is 12.1 Å². The summed E-state index contributed by atoms with van der Waals surface area (Å²) in [6, 6.07) is 7.28. The van der Waals surface area contributed by atoms with Crippen molar-refractivity contribution in [1.82, 2.24) is 5.32 Å². The molecule has 0 heterocycles. The van der Waals surface area contributed by atoms with Crippen LogP contribution in [0.25, 0.3) is 0 Å². The number of ether oxygens (including phenoxy) is 1. The van der Waals surface area contributed by atoms with Gasteiger partial charge in [-0.15, -0.1) is 0 Å². The Kier molecular flexibility index (Phi) is 7.06. The van der Waals surface area contributed by atoms with Crippen molar-refractivity contribution in [3.63, 3.8) is 0 Å². The predicted molar refractivity (Wildman–Crippen MR) is 93.4 cm³/mol. The highest BCUT2D eigenvalue weighted by atomic mass is 32.2. The van der Waals surface area contributed by atoms with Crippen molar-refractivity contribution >= 4 is 9.84 Å². The van der Waals surface area contributed by atoms with E-state index in [4.69, 9.17) is 4.74 Å². The molecule has 2 rings (SSSR count). The zero-order valence-electron chi connectivity index (χ0n) is 14.3. The van der Waals surface area contributed by atoms with Crippen LogP contribution in [-0.2, 0) is 14.6 Å². The first-order chi connectivity index (χ1) is 11.0. The standard InChI is InChI=1S/C18H29NO3S/c1-15(16-9-11-18(12-10-16)23(2,20)21)19-13-14-22-17-7-5-3-4-6-8-17/h9-12,15,17,19H,3-8,13-14H2,1-2H3/t15-/m0/s1. The van der Waals surface area contributed by atoms with Crippen molar-refractivity contribution in [1.29, 1.82) is 0 Å². The molecule has 1 aliphatic rings. The van der Waals surface area contributed by atoms with Crippen LogP contribution in [0, 0.1) is 0 Å². The molecular weight excluding hydrogens is 310 g/mol. The van der Waals surface area contributed by atoms with E-state index < -0.39 is 9.84 Å². The number of nitrogens with one attached hydrogen (secondary N) is 1. The second kappa shape index (κ2) is 8.81. The lowest BCUT2D eigenvalue weighted by atomic mass is 10.1. The van der Waals surface area contributed by atoms with Crippen LogP contribution in [0.4, 0.5) is 0 Å². The molecule has 0 spiro atoms. The minimum atomic E-state index is -3.12. The molecule has 0 aliphatic heterocycles. The van der Waals surface area contributed by atoms with Gasteiger partial charge in [0.25, 0.3) is 0 Å². The van der Waals surface area contributed by atoms with Gasteiger partial charge in [0.1, 0.15) is 0 Å². The highest BCUT2D eigenvalue weighted by Crippen LogP contribution is 2.20. The van der Waals surface area contributed by atoms with E-state index in [-0.39, 0.29) is 6.04 Å². The first-order valence-electron chi connectivity index (χ1n) is 8.62. The van der Waals surface area contributed by atoms with E-state index in [1.54, 1.807) is 12.1 Å². The van der Waals surface area contributed by atoms with Gasteiger partial charge in [0.15, 0.2) is 9.84 Å². The van der Waals surface area contributed by atoms with Gasteiger partial charge >= 0.3 is 0 Å². The first kappa shape index (κ1) is 18.4. The number of rotatable bonds is 7. The van der Waals surface area contributed by atoms with Crippen LogP contribution in [0.1, 0.15) is 57.1 Å². The Morgan fingerprint density at radius 3 is 2.30 bits per heavy atom. The lowest BCUT2D eigenvalue weighted by Gasteiger charge is -2.18. The van der Waals surface area contributed by atoms with Crippen molar-refractivity contribution in [2.24, 2.45) is 0 Å². The third-order valence-electron chi connectivity index (χ3n) is 4.52. The molecule has 1 aromatic rings. The first-order valence-corrected chi connectivity index (χ1v) is 10.5. The highest BCUT2D eigenvalue weighted by molar-refractivity contribution is 7.90. The minimum absolute atomic E-state index is 0.182. The minimum Gasteiger partial charge on any atom is -0.377 e. The molecule has 1 N–H and O–H groups in total. The van der Waals surface area contributed by atoms with Crippen molar-refractivity contribution in [3.8, 4) is 0 Å². The van der Waals surface area contributed by atoms with Gasteiger partial charge in [0.05, 0.1) is 17.6 Å². The van der Waals surface area contributed by atoms with Gasteiger partial charge in [0.2, 0.25) is 0 Å². The Morgan fingerprint density at radius 1 is 1.13 bits per heavy atom. The van der Waals surface area contributed by atoms with E-state index >= 15 is 0 Å². The second-order valence-corrected chi connectivity index (χ2v) is 8.52. The second-order valence-electron chi connectivity index (χ2n) is 6.50. The van der Waals surface area contributed by atoms with Crippen LogP contribution in [0.3, 0.4) is 0 Å². The van der Waals surface area contributed by atoms with E-state index in [9.17, 15) is 8.42 Å². The molecule has 0 aromatic heterocycles. The molecule has 0 unspecified atom stereocenters. The quantitative estimate of drug-likeness (QED) is 0.610. The van der Waals surface area contributed by atoms with Gasteiger partial charge < -0.3 is 10.1 Å². The maximum atomic E-state index is 11.5. The van der Waals surface area contributed by atoms with E-state index in [1.165, 1.54) is 44.8 Å². The summed E-state index contributed by atoms with van der Waals surface area (Å²) in [5, 5.41) is 3.44. The molecule has 4 nitrogen and oxygen atoms in total. The number of hydrogen-bond acceptors (Lipinski definition) is 4. The summed E-state index contributed by atoms with van der Waals surface area (Å²) in [5.41, 5.74) is 1.09. The zero-order valence-corrected chi connectivity index (χ0v) is 15.1. The molecule has 1 saturated carbocycles. The number of benzene rings is 1. The molecule has 0 radical (unpaired) electrons. The Morgan fingerprint density at radius 2 is 1.74 bits per heavy atom. The van der Waals surface area contributed by atoms with Gasteiger partial charge in [-0.1, -0.05) is 37.8 Å². The average Bonchev–Trinajstić information content (AvgIpc) is 2.79. The monoisotopic (exact) mass is 339 g/mol. The Bertz CT molecular complexity index is 560.